The predicted octanol–water partition coefficient (Wildman–Crippen LogP) is 2.54. The number of carbonyl (C=O) groups is 2. The molecule has 0 radical (unpaired) electrons. The number of fused-ring (bicyclic) bond motifs is 1. The van der Waals surface area contributed by atoms with Crippen LogP contribution in [-0.2, 0) is 34.2 Å². The van der Waals surface area contributed by atoms with Gasteiger partial charge < -0.3 is 14.7 Å². The van der Waals surface area contributed by atoms with Crippen LogP contribution >= 0.6 is 0 Å². The topological polar surface area (TPSA) is 97.5 Å². The number of halogens is 3. The fraction of sp³-hybridized carbons (Fsp3) is 0.524. The van der Waals surface area contributed by atoms with Gasteiger partial charge >= 0.3 is 12.1 Å². The molecule has 2 aromatic rings. The van der Waals surface area contributed by atoms with E-state index in [0.717, 1.165) is 24.4 Å². The Labute approximate surface area is 183 Å². The molecule has 1 saturated carbocycles. The Balaban J connectivity index is 0.000000360. The molecule has 8 nitrogen and oxygen atoms in total. The lowest BCUT2D eigenvalue weighted by molar-refractivity contribution is -0.192. The van der Waals surface area contributed by atoms with E-state index in [1.54, 1.807) is 6.20 Å². The third-order valence-electron chi connectivity index (χ3n) is 5.33. The Morgan fingerprint density at radius 2 is 1.97 bits per heavy atom. The summed E-state index contributed by atoms with van der Waals surface area (Å²) in [5, 5.41) is 11.5. The lowest BCUT2D eigenvalue weighted by atomic mass is 9.99. The number of rotatable bonds is 6. The highest BCUT2D eigenvalue weighted by molar-refractivity contribution is 5.79. The summed E-state index contributed by atoms with van der Waals surface area (Å²) in [5.41, 5.74) is 3.14. The number of hydrogen-bond acceptors (Lipinski definition) is 5. The number of aromatic nitrogens is 3. The number of aliphatic carboxylic acids is 1. The van der Waals surface area contributed by atoms with Gasteiger partial charge in [-0.25, -0.2) is 4.79 Å². The second-order valence-corrected chi connectivity index (χ2v) is 7.81. The highest BCUT2D eigenvalue weighted by Gasteiger charge is 2.38. The van der Waals surface area contributed by atoms with Crippen LogP contribution in [0.3, 0.4) is 0 Å². The molecule has 0 saturated heterocycles. The molecule has 0 spiro atoms. The van der Waals surface area contributed by atoms with Crippen LogP contribution in [0.2, 0.25) is 0 Å². The van der Waals surface area contributed by atoms with Crippen molar-refractivity contribution in [1.82, 2.24) is 19.7 Å². The Hall–Kier alpha value is -2.95. The van der Waals surface area contributed by atoms with Gasteiger partial charge in [-0.2, -0.15) is 18.3 Å². The van der Waals surface area contributed by atoms with E-state index in [1.165, 1.54) is 18.4 Å². The van der Waals surface area contributed by atoms with Crippen LogP contribution in [0, 0.1) is 5.92 Å². The van der Waals surface area contributed by atoms with Gasteiger partial charge in [0.25, 0.3) is 0 Å². The van der Waals surface area contributed by atoms with Gasteiger partial charge in [0.1, 0.15) is 0 Å². The summed E-state index contributed by atoms with van der Waals surface area (Å²) < 4.78 is 39.6. The first-order valence-electron chi connectivity index (χ1n) is 10.2. The Morgan fingerprint density at radius 1 is 1.25 bits per heavy atom. The van der Waals surface area contributed by atoms with Crippen molar-refractivity contribution in [3.8, 4) is 0 Å². The molecule has 3 heterocycles. The van der Waals surface area contributed by atoms with Crippen molar-refractivity contribution in [2.75, 3.05) is 19.8 Å². The maximum atomic E-state index is 12.9. The van der Waals surface area contributed by atoms with Crippen molar-refractivity contribution in [2.45, 2.75) is 37.9 Å². The fourth-order valence-corrected chi connectivity index (χ4v) is 3.52. The van der Waals surface area contributed by atoms with Crippen LogP contribution < -0.4 is 0 Å². The van der Waals surface area contributed by atoms with E-state index in [9.17, 15) is 18.0 Å². The largest absolute Gasteiger partial charge is 0.490 e. The van der Waals surface area contributed by atoms with E-state index >= 15 is 0 Å². The zero-order valence-electron chi connectivity index (χ0n) is 17.6. The second kappa shape index (κ2) is 10.1. The number of aryl methyl sites for hydroxylation is 1. The number of alkyl halides is 3. The van der Waals surface area contributed by atoms with Gasteiger partial charge in [0.2, 0.25) is 5.91 Å². The normalized spacial score (nSPS) is 17.9. The van der Waals surface area contributed by atoms with Crippen LogP contribution in [0.1, 0.15) is 35.8 Å². The molecule has 0 bridgehead atoms. The van der Waals surface area contributed by atoms with Crippen molar-refractivity contribution in [2.24, 2.45) is 13.0 Å². The Kier molecular flexibility index (Phi) is 7.49. The van der Waals surface area contributed by atoms with E-state index in [0.29, 0.717) is 25.5 Å². The van der Waals surface area contributed by atoms with E-state index in [4.69, 9.17) is 14.6 Å². The van der Waals surface area contributed by atoms with E-state index in [1.807, 2.05) is 41.0 Å². The molecule has 0 aromatic carbocycles. The zero-order chi connectivity index (χ0) is 23.3. The number of nitrogens with zero attached hydrogens (tertiary/aromatic N) is 4. The summed E-state index contributed by atoms with van der Waals surface area (Å²) in [4.78, 5) is 28.1. The number of carbonyl (C=O) groups excluding carboxylic acids is 1. The molecule has 11 heteroatoms. The van der Waals surface area contributed by atoms with Crippen LogP contribution in [-0.4, -0.2) is 62.6 Å². The molecule has 1 amide bonds. The summed E-state index contributed by atoms with van der Waals surface area (Å²) >= 11 is 0. The quantitative estimate of drug-likeness (QED) is 0.721. The molecule has 2 aliphatic rings. The minimum absolute atomic E-state index is 0.0637. The molecular weight excluding hydrogens is 429 g/mol. The van der Waals surface area contributed by atoms with Gasteiger partial charge in [-0.15, -0.1) is 0 Å². The molecule has 32 heavy (non-hydrogen) atoms. The summed E-state index contributed by atoms with van der Waals surface area (Å²) in [6.45, 7) is 2.05. The molecular formula is C21H25F3N4O4. The molecule has 1 fully saturated rings. The first-order valence-corrected chi connectivity index (χ1v) is 10.2. The number of pyridine rings is 1. The lowest BCUT2D eigenvalue weighted by Gasteiger charge is -2.36. The number of ether oxygens (including phenoxy) is 1. The van der Waals surface area contributed by atoms with Gasteiger partial charge in [-0.05, 0) is 42.9 Å². The average molecular weight is 454 g/mol. The third-order valence-corrected chi connectivity index (χ3v) is 5.33. The first kappa shape index (κ1) is 23.7. The van der Waals surface area contributed by atoms with E-state index in [2.05, 4.69) is 10.1 Å². The van der Waals surface area contributed by atoms with E-state index < -0.39 is 12.1 Å². The first-order chi connectivity index (χ1) is 15.2. The molecule has 174 valence electrons. The van der Waals surface area contributed by atoms with E-state index in [-0.39, 0.29) is 11.9 Å². The molecule has 1 aliphatic heterocycles. The molecule has 4 rings (SSSR count). The van der Waals surface area contributed by atoms with Gasteiger partial charge in [0.05, 0.1) is 31.0 Å². The fourth-order valence-electron chi connectivity index (χ4n) is 3.52. The highest BCUT2D eigenvalue weighted by atomic mass is 19.4. The summed E-state index contributed by atoms with van der Waals surface area (Å²) in [7, 11) is 1.94. The van der Waals surface area contributed by atoms with Gasteiger partial charge in [-0.1, -0.05) is 6.07 Å². The SMILES string of the molecule is Cn1ncc2c1C(COCC1CC1)N(C(=O)Cc1ccccn1)CC2.O=C(O)C(F)(F)F. The number of carboxylic acids is 1. The van der Waals surface area contributed by atoms with Crippen LogP contribution in [0.25, 0.3) is 0 Å². The average Bonchev–Trinajstić information content (AvgIpc) is 3.49. The van der Waals surface area contributed by atoms with Crippen molar-refractivity contribution >= 4 is 11.9 Å². The van der Waals surface area contributed by atoms with Crippen molar-refractivity contribution in [3.05, 3.63) is 47.5 Å². The smallest absolute Gasteiger partial charge is 0.475 e. The Morgan fingerprint density at radius 3 is 2.56 bits per heavy atom. The van der Waals surface area contributed by atoms with Crippen LogP contribution in [0.5, 0.6) is 0 Å². The number of amides is 1. The maximum absolute atomic E-state index is 12.9. The standard InChI is InChI=1S/C19H24N4O2.C2HF3O2/c1-22-19-15(11-21-22)7-9-23(17(19)13-25-12-14-5-6-14)18(24)10-16-4-2-3-8-20-16;3-2(4,5)1(6)7/h2-4,8,11,14,17H,5-7,9-10,12-13H2,1H3;(H,6,7). The molecule has 1 aliphatic carbocycles. The molecule has 1 unspecified atom stereocenters. The van der Waals surface area contributed by atoms with Crippen LogP contribution in [0.4, 0.5) is 13.2 Å². The van der Waals surface area contributed by atoms with Gasteiger partial charge in [0.15, 0.2) is 0 Å². The van der Waals surface area contributed by atoms with Crippen molar-refractivity contribution < 1.29 is 32.6 Å². The molecule has 2 aromatic heterocycles. The number of carboxylic acid groups (broad SMARTS) is 1. The maximum Gasteiger partial charge on any atom is 0.490 e. The third kappa shape index (κ3) is 6.28. The molecule has 1 atom stereocenters. The lowest BCUT2D eigenvalue weighted by Crippen LogP contribution is -2.43. The summed E-state index contributed by atoms with van der Waals surface area (Å²) in [6, 6.07) is 5.62. The minimum Gasteiger partial charge on any atom is -0.475 e. The van der Waals surface area contributed by atoms with Gasteiger partial charge in [-0.3, -0.25) is 14.5 Å². The van der Waals surface area contributed by atoms with Gasteiger partial charge in [0, 0.05) is 32.1 Å². The highest BCUT2D eigenvalue weighted by Crippen LogP contribution is 2.32. The monoisotopic (exact) mass is 454 g/mol. The number of hydrogen-bond donors (Lipinski definition) is 1. The minimum atomic E-state index is -5.08. The summed E-state index contributed by atoms with van der Waals surface area (Å²) in [5.74, 6) is -1.94. The second-order valence-electron chi connectivity index (χ2n) is 7.81. The van der Waals surface area contributed by atoms with Crippen molar-refractivity contribution in [3.63, 3.8) is 0 Å². The van der Waals surface area contributed by atoms with Crippen LogP contribution in [0.15, 0.2) is 30.6 Å². The Bertz CT molecular complexity index is 929. The summed E-state index contributed by atoms with van der Waals surface area (Å²) in [6.07, 6.45) is 2.27. The van der Waals surface area contributed by atoms with Crippen molar-refractivity contribution in [1.29, 1.82) is 0 Å². The zero-order valence-corrected chi connectivity index (χ0v) is 17.6. The molecule has 1 N–H and O–H groups in total. The predicted molar refractivity (Wildman–Crippen MR) is 107 cm³/mol.